The molecule has 1 aromatic carbocycles. The van der Waals surface area contributed by atoms with Crippen molar-refractivity contribution in [3.8, 4) is 0 Å². The number of allylic oxidation sites excluding steroid dienone is 1. The molecule has 0 atom stereocenters. The lowest BCUT2D eigenvalue weighted by Gasteiger charge is -2.05. The van der Waals surface area contributed by atoms with Crippen molar-refractivity contribution >= 4 is 23.2 Å². The molecule has 0 saturated heterocycles. The van der Waals surface area contributed by atoms with Gasteiger partial charge in [-0.1, -0.05) is 48.1 Å². The summed E-state index contributed by atoms with van der Waals surface area (Å²) in [5.74, 6) is 0. The molecule has 0 N–H and O–H groups in total. The van der Waals surface area contributed by atoms with Crippen LogP contribution >= 0.6 is 12.2 Å². The summed E-state index contributed by atoms with van der Waals surface area (Å²) in [7, 11) is 0. The second-order valence-electron chi connectivity index (χ2n) is 3.15. The first-order chi connectivity index (χ1) is 6.15. The van der Waals surface area contributed by atoms with Gasteiger partial charge in [0.1, 0.15) is 0 Å². The minimum Gasteiger partial charge on any atom is -0.0870 e. The van der Waals surface area contributed by atoms with E-state index in [2.05, 4.69) is 31.2 Å². The summed E-state index contributed by atoms with van der Waals surface area (Å²) in [4.78, 5) is 0.955. The number of aryl methyl sites for hydroxylation is 1. The third-order valence-corrected chi connectivity index (χ3v) is 2.15. The monoisotopic (exact) mass is 190 g/mol. The summed E-state index contributed by atoms with van der Waals surface area (Å²) in [6, 6.07) is 6.36. The molecule has 0 amide bonds. The Labute approximate surface area is 85.3 Å². The molecule has 0 fully saturated rings. The first-order valence-corrected chi connectivity index (χ1v) is 4.80. The van der Waals surface area contributed by atoms with Gasteiger partial charge in [-0.05, 0) is 31.9 Å². The van der Waals surface area contributed by atoms with Gasteiger partial charge in [-0.2, -0.15) is 0 Å². The highest BCUT2D eigenvalue weighted by Crippen LogP contribution is 2.14. The Morgan fingerprint density at radius 1 is 1.38 bits per heavy atom. The van der Waals surface area contributed by atoms with Crippen LogP contribution in [0.1, 0.15) is 30.5 Å². The molecule has 1 aromatic rings. The van der Waals surface area contributed by atoms with Crippen LogP contribution in [0, 0.1) is 6.92 Å². The molecule has 0 aliphatic carbocycles. The van der Waals surface area contributed by atoms with E-state index in [-0.39, 0.29) is 0 Å². The van der Waals surface area contributed by atoms with Crippen LogP contribution in [0.2, 0.25) is 0 Å². The number of hydrogen-bond acceptors (Lipinski definition) is 1. The summed E-state index contributed by atoms with van der Waals surface area (Å²) >= 11 is 5.19. The van der Waals surface area contributed by atoms with Gasteiger partial charge in [0.2, 0.25) is 0 Å². The molecule has 1 rings (SSSR count). The van der Waals surface area contributed by atoms with Crippen molar-refractivity contribution < 1.29 is 0 Å². The van der Waals surface area contributed by atoms with E-state index in [1.807, 2.05) is 19.9 Å². The number of rotatable bonds is 2. The highest BCUT2D eigenvalue weighted by atomic mass is 32.1. The maximum atomic E-state index is 5.19. The zero-order chi connectivity index (χ0) is 9.84. The second-order valence-corrected chi connectivity index (χ2v) is 3.76. The Morgan fingerprint density at radius 3 is 2.62 bits per heavy atom. The summed E-state index contributed by atoms with van der Waals surface area (Å²) in [5, 5.41) is 0. The van der Waals surface area contributed by atoms with Gasteiger partial charge >= 0.3 is 0 Å². The average Bonchev–Trinajstić information content (AvgIpc) is 2.08. The van der Waals surface area contributed by atoms with Gasteiger partial charge in [-0.25, -0.2) is 0 Å². The molecule has 0 bridgehead atoms. The molecule has 0 aliphatic rings. The van der Waals surface area contributed by atoms with Crippen LogP contribution in [0.3, 0.4) is 0 Å². The normalized spacial score (nSPS) is 10.7. The molecular weight excluding hydrogens is 176 g/mol. The fourth-order valence-electron chi connectivity index (χ4n) is 1.30. The topological polar surface area (TPSA) is 0 Å². The standard InChI is InChI=1S/C12H14S/c1-4-5-11-7-6-9(2)8-12(11)10(3)13/h4-8H,1-3H3/b5-4-. The Morgan fingerprint density at radius 2 is 2.08 bits per heavy atom. The largest absolute Gasteiger partial charge is 0.0870 e. The smallest absolute Gasteiger partial charge is 0.0199 e. The predicted molar refractivity (Wildman–Crippen MR) is 63.3 cm³/mol. The first-order valence-electron chi connectivity index (χ1n) is 4.39. The Hall–Kier alpha value is -0.950. The molecule has 0 heterocycles. The van der Waals surface area contributed by atoms with Crippen LogP contribution in [0.15, 0.2) is 24.3 Å². The molecular formula is C12H14S. The fourth-order valence-corrected chi connectivity index (χ4v) is 1.48. The number of thiocarbonyl (C=S) groups is 1. The van der Waals surface area contributed by atoms with E-state index in [1.54, 1.807) is 0 Å². The van der Waals surface area contributed by atoms with Gasteiger partial charge < -0.3 is 0 Å². The molecule has 0 unspecified atom stereocenters. The molecule has 1 heteroatoms. The summed E-state index contributed by atoms with van der Waals surface area (Å²) in [6.45, 7) is 6.07. The zero-order valence-corrected chi connectivity index (χ0v) is 9.11. The van der Waals surface area contributed by atoms with Gasteiger partial charge in [0.05, 0.1) is 0 Å². The third kappa shape index (κ3) is 2.49. The molecule has 0 spiro atoms. The number of benzene rings is 1. The van der Waals surface area contributed by atoms with Crippen LogP contribution in [-0.4, -0.2) is 4.86 Å². The predicted octanol–water partition coefficient (Wildman–Crippen LogP) is 3.77. The molecule has 68 valence electrons. The maximum absolute atomic E-state index is 5.19. The quantitative estimate of drug-likeness (QED) is 0.505. The SMILES string of the molecule is C/C=C\c1ccc(C)cc1C(C)=S. The van der Waals surface area contributed by atoms with Crippen molar-refractivity contribution in [3.63, 3.8) is 0 Å². The van der Waals surface area contributed by atoms with Crippen LogP contribution < -0.4 is 0 Å². The first kappa shape index (κ1) is 10.1. The van der Waals surface area contributed by atoms with Crippen molar-refractivity contribution in [1.82, 2.24) is 0 Å². The second kappa shape index (κ2) is 4.33. The van der Waals surface area contributed by atoms with Gasteiger partial charge in [-0.3, -0.25) is 0 Å². The Kier molecular flexibility index (Phi) is 3.38. The lowest BCUT2D eigenvalue weighted by Crippen LogP contribution is -1.94. The summed E-state index contributed by atoms with van der Waals surface area (Å²) in [5.41, 5.74) is 3.64. The molecule has 0 saturated carbocycles. The van der Waals surface area contributed by atoms with E-state index in [9.17, 15) is 0 Å². The minimum atomic E-state index is 0.955. The van der Waals surface area contributed by atoms with Crippen LogP contribution in [0.25, 0.3) is 6.08 Å². The van der Waals surface area contributed by atoms with Crippen molar-refractivity contribution in [1.29, 1.82) is 0 Å². The van der Waals surface area contributed by atoms with Crippen LogP contribution in [-0.2, 0) is 0 Å². The van der Waals surface area contributed by atoms with Gasteiger partial charge in [-0.15, -0.1) is 0 Å². The Balaban J connectivity index is 3.26. The van der Waals surface area contributed by atoms with Crippen LogP contribution in [0.4, 0.5) is 0 Å². The van der Waals surface area contributed by atoms with Crippen LogP contribution in [0.5, 0.6) is 0 Å². The van der Waals surface area contributed by atoms with Gasteiger partial charge in [0, 0.05) is 4.86 Å². The van der Waals surface area contributed by atoms with E-state index < -0.39 is 0 Å². The average molecular weight is 190 g/mol. The molecule has 13 heavy (non-hydrogen) atoms. The summed E-state index contributed by atoms with van der Waals surface area (Å²) in [6.07, 6.45) is 4.12. The van der Waals surface area contributed by atoms with Crippen molar-refractivity contribution in [2.24, 2.45) is 0 Å². The lowest BCUT2D eigenvalue weighted by molar-refractivity contribution is 1.44. The van der Waals surface area contributed by atoms with E-state index in [0.717, 1.165) is 4.86 Å². The van der Waals surface area contributed by atoms with Crippen molar-refractivity contribution in [2.75, 3.05) is 0 Å². The zero-order valence-electron chi connectivity index (χ0n) is 8.29. The molecule has 0 radical (unpaired) electrons. The van der Waals surface area contributed by atoms with E-state index in [4.69, 9.17) is 12.2 Å². The van der Waals surface area contributed by atoms with Crippen molar-refractivity contribution in [2.45, 2.75) is 20.8 Å². The third-order valence-electron chi connectivity index (χ3n) is 1.93. The van der Waals surface area contributed by atoms with E-state index >= 15 is 0 Å². The summed E-state index contributed by atoms with van der Waals surface area (Å²) < 4.78 is 0. The highest BCUT2D eigenvalue weighted by molar-refractivity contribution is 7.80. The van der Waals surface area contributed by atoms with Crippen molar-refractivity contribution in [3.05, 3.63) is 41.0 Å². The lowest BCUT2D eigenvalue weighted by atomic mass is 10.0. The molecule has 0 aliphatic heterocycles. The van der Waals surface area contributed by atoms with Gasteiger partial charge in [0.25, 0.3) is 0 Å². The van der Waals surface area contributed by atoms with E-state index in [1.165, 1.54) is 16.7 Å². The minimum absolute atomic E-state index is 0.955. The fraction of sp³-hybridized carbons (Fsp3) is 0.250. The maximum Gasteiger partial charge on any atom is 0.0199 e. The van der Waals surface area contributed by atoms with E-state index in [0.29, 0.717) is 0 Å². The Bertz CT molecular complexity index is 348. The van der Waals surface area contributed by atoms with Gasteiger partial charge in [0.15, 0.2) is 0 Å². The number of hydrogen-bond donors (Lipinski definition) is 0. The highest BCUT2D eigenvalue weighted by Gasteiger charge is 2.00. The molecule has 0 nitrogen and oxygen atoms in total. The molecule has 0 aromatic heterocycles.